The van der Waals surface area contributed by atoms with Crippen LogP contribution in [0.4, 0.5) is 0 Å². The van der Waals surface area contributed by atoms with Gasteiger partial charge >= 0.3 is 0 Å². The Morgan fingerprint density at radius 3 is 1.25 bits per heavy atom. The van der Waals surface area contributed by atoms with Gasteiger partial charge in [0.05, 0.1) is 13.2 Å². The zero-order chi connectivity index (χ0) is 16.0. The fourth-order valence-electron chi connectivity index (χ4n) is 3.09. The molecule has 1 fully saturated rings. The van der Waals surface area contributed by atoms with Crippen LogP contribution >= 0.6 is 0 Å². The van der Waals surface area contributed by atoms with E-state index in [1.54, 1.807) is 13.8 Å². The van der Waals surface area contributed by atoms with Gasteiger partial charge in [0.25, 0.3) is 0 Å². The first-order valence-corrected chi connectivity index (χ1v) is 6.68. The minimum atomic E-state index is -1.83. The van der Waals surface area contributed by atoms with Crippen LogP contribution in [0.1, 0.15) is 34.6 Å². The molecule has 1 aliphatic rings. The molecule has 6 heteroatoms. The van der Waals surface area contributed by atoms with E-state index >= 15 is 0 Å². The molecule has 0 amide bonds. The molecule has 0 aromatic carbocycles. The van der Waals surface area contributed by atoms with E-state index in [2.05, 4.69) is 0 Å². The second-order valence-electron chi connectivity index (χ2n) is 6.65. The number of hydrogen-bond acceptors (Lipinski definition) is 6. The van der Waals surface area contributed by atoms with Crippen molar-refractivity contribution >= 4 is 0 Å². The van der Waals surface area contributed by atoms with Crippen molar-refractivity contribution in [3.8, 4) is 0 Å². The molecule has 3 N–H and O–H groups in total. The van der Waals surface area contributed by atoms with Gasteiger partial charge in [-0.05, 0) is 34.6 Å². The van der Waals surface area contributed by atoms with Gasteiger partial charge in [-0.1, -0.05) is 0 Å². The van der Waals surface area contributed by atoms with Crippen molar-refractivity contribution < 1.29 is 29.5 Å². The SMILES string of the molecule is COCC1(C)O[C@](C)(COC)C(C)(O)C(C)(O)[C@@]1(C)O. The summed E-state index contributed by atoms with van der Waals surface area (Å²) in [5.74, 6) is 0. The fraction of sp³-hybridized carbons (Fsp3) is 1.00. The van der Waals surface area contributed by atoms with E-state index in [9.17, 15) is 15.3 Å². The van der Waals surface area contributed by atoms with E-state index in [-0.39, 0.29) is 13.2 Å². The summed E-state index contributed by atoms with van der Waals surface area (Å²) in [7, 11) is 2.97. The molecule has 0 spiro atoms. The first kappa shape index (κ1) is 17.8. The molecule has 3 unspecified atom stereocenters. The molecule has 20 heavy (non-hydrogen) atoms. The average molecular weight is 292 g/mol. The van der Waals surface area contributed by atoms with E-state index in [0.717, 1.165) is 0 Å². The van der Waals surface area contributed by atoms with Crippen LogP contribution in [-0.2, 0) is 14.2 Å². The predicted octanol–water partition coefficient (Wildman–Crippen LogP) is 0.0798. The molecule has 1 rings (SSSR count). The van der Waals surface area contributed by atoms with Crippen molar-refractivity contribution in [3.63, 3.8) is 0 Å². The van der Waals surface area contributed by atoms with Crippen LogP contribution in [0, 0.1) is 0 Å². The average Bonchev–Trinajstić information content (AvgIpc) is 2.27. The standard InChI is InChI=1S/C14H28O6/c1-10(8-18-6)12(3,15)14(5,17)13(4,16)11(2,20-10)9-19-7/h15-17H,8-9H2,1-7H3/t10-,11?,12?,13+,14?/m1/s1. The number of ether oxygens (including phenoxy) is 3. The number of aliphatic hydroxyl groups is 3. The summed E-state index contributed by atoms with van der Waals surface area (Å²) in [5, 5.41) is 32.5. The zero-order valence-electron chi connectivity index (χ0n) is 13.5. The van der Waals surface area contributed by atoms with Gasteiger partial charge in [0.2, 0.25) is 0 Å². The lowest BCUT2D eigenvalue weighted by Gasteiger charge is -2.65. The van der Waals surface area contributed by atoms with E-state index in [1.165, 1.54) is 35.0 Å². The van der Waals surface area contributed by atoms with Crippen LogP contribution in [0.3, 0.4) is 0 Å². The van der Waals surface area contributed by atoms with Gasteiger partial charge in [-0.15, -0.1) is 0 Å². The van der Waals surface area contributed by atoms with Gasteiger partial charge < -0.3 is 29.5 Å². The molecule has 0 saturated carbocycles. The second kappa shape index (κ2) is 4.90. The van der Waals surface area contributed by atoms with Gasteiger partial charge in [-0.2, -0.15) is 0 Å². The largest absolute Gasteiger partial charge is 0.384 e. The van der Waals surface area contributed by atoms with Crippen molar-refractivity contribution in [2.75, 3.05) is 27.4 Å². The highest BCUT2D eigenvalue weighted by Crippen LogP contribution is 2.53. The summed E-state index contributed by atoms with van der Waals surface area (Å²) in [6.45, 7) is 7.69. The van der Waals surface area contributed by atoms with Crippen LogP contribution < -0.4 is 0 Å². The highest BCUT2D eigenvalue weighted by atomic mass is 16.6. The zero-order valence-corrected chi connectivity index (χ0v) is 13.5. The van der Waals surface area contributed by atoms with E-state index in [0.29, 0.717) is 0 Å². The summed E-state index contributed by atoms with van der Waals surface area (Å²) in [6.07, 6.45) is 0. The van der Waals surface area contributed by atoms with Crippen LogP contribution in [0.25, 0.3) is 0 Å². The number of hydrogen-bond donors (Lipinski definition) is 3. The molecule has 1 aliphatic heterocycles. The lowest BCUT2D eigenvalue weighted by molar-refractivity contribution is -0.407. The van der Waals surface area contributed by atoms with Crippen molar-refractivity contribution in [1.82, 2.24) is 0 Å². The molecule has 1 heterocycles. The summed E-state index contributed by atoms with van der Waals surface area (Å²) >= 11 is 0. The van der Waals surface area contributed by atoms with Gasteiger partial charge in [-0.3, -0.25) is 0 Å². The highest BCUT2D eigenvalue weighted by molar-refractivity contribution is 5.23. The maximum absolute atomic E-state index is 10.9. The molecule has 120 valence electrons. The Balaban J connectivity index is 3.44. The van der Waals surface area contributed by atoms with Crippen LogP contribution in [0.15, 0.2) is 0 Å². The normalized spacial score (nSPS) is 53.1. The van der Waals surface area contributed by atoms with Crippen molar-refractivity contribution in [2.24, 2.45) is 0 Å². The Morgan fingerprint density at radius 2 is 1.00 bits per heavy atom. The molecule has 0 aliphatic carbocycles. The minimum Gasteiger partial charge on any atom is -0.384 e. The molecule has 5 atom stereocenters. The number of rotatable bonds is 4. The van der Waals surface area contributed by atoms with Gasteiger partial charge in [0.1, 0.15) is 28.0 Å². The maximum Gasteiger partial charge on any atom is 0.124 e. The Labute approximate surface area is 120 Å². The van der Waals surface area contributed by atoms with Gasteiger partial charge in [0, 0.05) is 14.2 Å². The highest BCUT2D eigenvalue weighted by Gasteiger charge is 2.73. The lowest BCUT2D eigenvalue weighted by atomic mass is 9.58. The Morgan fingerprint density at radius 1 is 0.700 bits per heavy atom. The maximum atomic E-state index is 10.9. The third kappa shape index (κ3) is 2.01. The van der Waals surface area contributed by atoms with Crippen LogP contribution in [0.5, 0.6) is 0 Å². The Hall–Kier alpha value is -0.240. The monoisotopic (exact) mass is 292 g/mol. The third-order valence-corrected chi connectivity index (χ3v) is 5.25. The predicted molar refractivity (Wildman–Crippen MR) is 73.5 cm³/mol. The second-order valence-corrected chi connectivity index (χ2v) is 6.65. The molecule has 0 aromatic rings. The van der Waals surface area contributed by atoms with Gasteiger partial charge in [-0.25, -0.2) is 0 Å². The van der Waals surface area contributed by atoms with Crippen molar-refractivity contribution in [1.29, 1.82) is 0 Å². The van der Waals surface area contributed by atoms with Gasteiger partial charge in [0.15, 0.2) is 0 Å². The smallest absolute Gasteiger partial charge is 0.124 e. The Bertz CT molecular complexity index is 333. The summed E-state index contributed by atoms with van der Waals surface area (Å²) in [4.78, 5) is 0. The third-order valence-electron chi connectivity index (χ3n) is 5.25. The quantitative estimate of drug-likeness (QED) is 0.680. The fourth-order valence-corrected chi connectivity index (χ4v) is 3.09. The molecule has 0 radical (unpaired) electrons. The van der Waals surface area contributed by atoms with E-state index < -0.39 is 28.0 Å². The molecular weight excluding hydrogens is 264 g/mol. The topological polar surface area (TPSA) is 88.4 Å². The van der Waals surface area contributed by atoms with E-state index in [4.69, 9.17) is 14.2 Å². The number of methoxy groups -OCH3 is 2. The van der Waals surface area contributed by atoms with Crippen molar-refractivity contribution in [3.05, 3.63) is 0 Å². The molecule has 6 nitrogen and oxygen atoms in total. The van der Waals surface area contributed by atoms with E-state index in [1.807, 2.05) is 0 Å². The molecular formula is C14H28O6. The Kier molecular flexibility index (Phi) is 4.36. The molecule has 0 aromatic heterocycles. The van der Waals surface area contributed by atoms with Crippen LogP contribution in [0.2, 0.25) is 0 Å². The van der Waals surface area contributed by atoms with Crippen LogP contribution in [-0.4, -0.2) is 70.8 Å². The first-order valence-electron chi connectivity index (χ1n) is 6.68. The summed E-state index contributed by atoms with van der Waals surface area (Å²) in [5.41, 5.74) is -7.71. The molecule has 1 saturated heterocycles. The first-order chi connectivity index (χ1) is 8.83. The lowest BCUT2D eigenvalue weighted by Crippen LogP contribution is -2.85. The molecule has 0 bridgehead atoms. The summed E-state index contributed by atoms with van der Waals surface area (Å²) in [6, 6.07) is 0. The van der Waals surface area contributed by atoms with Crippen molar-refractivity contribution in [2.45, 2.75) is 62.6 Å². The minimum absolute atomic E-state index is 0.0610. The summed E-state index contributed by atoms with van der Waals surface area (Å²) < 4.78 is 16.3.